The lowest BCUT2D eigenvalue weighted by Crippen LogP contribution is -1.79. The Labute approximate surface area is 42.8 Å². The van der Waals surface area contributed by atoms with Crippen molar-refractivity contribution in [1.29, 1.82) is 0 Å². The highest BCUT2D eigenvalue weighted by molar-refractivity contribution is 4.79. The van der Waals surface area contributed by atoms with Crippen LogP contribution in [0.2, 0.25) is 0 Å². The number of hydrogen-bond acceptors (Lipinski definition) is 1. The molecule has 0 aliphatic carbocycles. The predicted octanol–water partition coefficient (Wildman–Crippen LogP) is 1.16. The molecule has 0 atom stereocenters. The van der Waals surface area contributed by atoms with E-state index in [4.69, 9.17) is 0 Å². The van der Waals surface area contributed by atoms with E-state index in [-0.39, 0.29) is 0 Å². The van der Waals surface area contributed by atoms with E-state index in [1.807, 2.05) is 0 Å². The molecule has 0 spiro atoms. The molecule has 0 aromatic heterocycles. The summed E-state index contributed by atoms with van der Waals surface area (Å²) >= 11 is 0. The molecule has 0 saturated heterocycles. The Kier molecular flexibility index (Phi) is 5.33. The summed E-state index contributed by atoms with van der Waals surface area (Å²) in [4.78, 5) is 0. The summed E-state index contributed by atoms with van der Waals surface area (Å²) in [6.07, 6.45) is 3.06. The van der Waals surface area contributed by atoms with Crippen LogP contribution >= 0.6 is 0 Å². The van der Waals surface area contributed by atoms with Crippen LogP contribution in [0.15, 0.2) is 12.2 Å². The molecule has 2 heteroatoms. The fourth-order valence-electron chi connectivity index (χ4n) is 0.227. The molecule has 0 bridgehead atoms. The minimum Gasteiger partial charge on any atom is -0.381 e. The Morgan fingerprint density at radius 3 is 2.71 bits per heavy atom. The van der Waals surface area contributed by atoms with Gasteiger partial charge in [-0.25, -0.2) is 4.39 Å². The topological polar surface area (TPSA) is 9.23 Å². The summed E-state index contributed by atoms with van der Waals surface area (Å²) in [6.45, 7) is 0.104. The van der Waals surface area contributed by atoms with E-state index < -0.39 is 6.67 Å². The Hall–Kier alpha value is -0.370. The fourth-order valence-corrected chi connectivity index (χ4v) is 0.227. The van der Waals surface area contributed by atoms with Crippen LogP contribution in [0.5, 0.6) is 0 Å². The lowest BCUT2D eigenvalue weighted by molar-refractivity contribution is 0.233. The van der Waals surface area contributed by atoms with Crippen molar-refractivity contribution in [2.45, 2.75) is 0 Å². The predicted molar refractivity (Wildman–Crippen MR) is 27.0 cm³/mol. The maximum Gasteiger partial charge on any atom is 0.108 e. The quantitative estimate of drug-likeness (QED) is 0.488. The molecule has 0 unspecified atom stereocenters. The molecular formula is C5H9FO. The molecule has 0 aliphatic rings. The van der Waals surface area contributed by atoms with E-state index in [9.17, 15) is 4.39 Å². The average molecular weight is 104 g/mol. The van der Waals surface area contributed by atoms with Gasteiger partial charge in [0.1, 0.15) is 6.67 Å². The third-order valence-electron chi connectivity index (χ3n) is 0.519. The molecule has 0 N–H and O–H groups in total. The van der Waals surface area contributed by atoms with Gasteiger partial charge in [-0.15, -0.1) is 0 Å². The lowest BCUT2D eigenvalue weighted by atomic mass is 10.5. The van der Waals surface area contributed by atoms with Gasteiger partial charge in [0.2, 0.25) is 0 Å². The van der Waals surface area contributed by atoms with E-state index >= 15 is 0 Å². The average Bonchev–Trinajstić information content (AvgIpc) is 1.69. The van der Waals surface area contributed by atoms with Crippen LogP contribution in [0.3, 0.4) is 0 Å². The van der Waals surface area contributed by atoms with Gasteiger partial charge in [-0.1, -0.05) is 12.2 Å². The van der Waals surface area contributed by atoms with E-state index in [1.54, 1.807) is 13.2 Å². The monoisotopic (exact) mass is 104 g/mol. The van der Waals surface area contributed by atoms with Crippen molar-refractivity contribution >= 4 is 0 Å². The number of hydrogen-bond donors (Lipinski definition) is 0. The van der Waals surface area contributed by atoms with Gasteiger partial charge in [0.15, 0.2) is 0 Å². The second kappa shape index (κ2) is 5.63. The van der Waals surface area contributed by atoms with Gasteiger partial charge in [-0.2, -0.15) is 0 Å². The molecule has 0 aliphatic heterocycles. The molecule has 0 aromatic carbocycles. The summed E-state index contributed by atoms with van der Waals surface area (Å²) in [6, 6.07) is 0. The minimum atomic E-state index is -0.399. The Morgan fingerprint density at radius 2 is 2.29 bits per heavy atom. The molecule has 0 aromatic rings. The fraction of sp³-hybridized carbons (Fsp3) is 0.600. The van der Waals surface area contributed by atoms with Crippen LogP contribution in [0, 0.1) is 0 Å². The second-order valence-electron chi connectivity index (χ2n) is 1.08. The summed E-state index contributed by atoms with van der Waals surface area (Å²) in [5, 5.41) is 0. The standard InChI is InChI=1S/C5H9FO/c1-7-5-3-2-4-6/h2-3H,4-5H2,1H3. The molecule has 0 heterocycles. The molecule has 0 fully saturated rings. The highest BCUT2D eigenvalue weighted by Gasteiger charge is 1.68. The van der Waals surface area contributed by atoms with Crippen molar-refractivity contribution in [3.05, 3.63) is 12.2 Å². The van der Waals surface area contributed by atoms with Gasteiger partial charge in [0.05, 0.1) is 6.61 Å². The van der Waals surface area contributed by atoms with E-state index in [0.29, 0.717) is 6.61 Å². The number of alkyl halides is 1. The third kappa shape index (κ3) is 5.63. The first-order chi connectivity index (χ1) is 3.41. The molecular weight excluding hydrogens is 95.1 g/mol. The number of allylic oxidation sites excluding steroid dienone is 1. The first kappa shape index (κ1) is 6.63. The van der Waals surface area contributed by atoms with Crippen LogP contribution < -0.4 is 0 Å². The van der Waals surface area contributed by atoms with Gasteiger partial charge in [-0.05, 0) is 0 Å². The van der Waals surface area contributed by atoms with Crippen LogP contribution in [-0.2, 0) is 4.74 Å². The maximum atomic E-state index is 11.2. The normalized spacial score (nSPS) is 10.6. The third-order valence-corrected chi connectivity index (χ3v) is 0.519. The zero-order valence-corrected chi connectivity index (χ0v) is 4.36. The van der Waals surface area contributed by atoms with Crippen molar-refractivity contribution in [2.24, 2.45) is 0 Å². The zero-order chi connectivity index (χ0) is 5.54. The number of ether oxygens (including phenoxy) is 1. The largest absolute Gasteiger partial charge is 0.381 e. The van der Waals surface area contributed by atoms with Crippen molar-refractivity contribution in [2.75, 3.05) is 20.4 Å². The van der Waals surface area contributed by atoms with Crippen LogP contribution in [-0.4, -0.2) is 20.4 Å². The van der Waals surface area contributed by atoms with Gasteiger partial charge in [0.25, 0.3) is 0 Å². The molecule has 7 heavy (non-hydrogen) atoms. The molecule has 1 nitrogen and oxygen atoms in total. The highest BCUT2D eigenvalue weighted by Crippen LogP contribution is 1.73. The van der Waals surface area contributed by atoms with E-state index in [0.717, 1.165) is 0 Å². The van der Waals surface area contributed by atoms with Gasteiger partial charge >= 0.3 is 0 Å². The Balaban J connectivity index is 2.78. The first-order valence-corrected chi connectivity index (χ1v) is 2.11. The number of halogens is 1. The zero-order valence-electron chi connectivity index (χ0n) is 4.36. The molecule has 0 saturated carbocycles. The number of rotatable bonds is 3. The van der Waals surface area contributed by atoms with Crippen LogP contribution in [0.25, 0.3) is 0 Å². The van der Waals surface area contributed by atoms with Crippen LogP contribution in [0.1, 0.15) is 0 Å². The summed E-state index contributed by atoms with van der Waals surface area (Å²) in [5.41, 5.74) is 0. The Bertz CT molecular complexity index is 52.0. The maximum absolute atomic E-state index is 11.2. The van der Waals surface area contributed by atoms with Crippen molar-refractivity contribution < 1.29 is 9.13 Å². The molecule has 0 amide bonds. The smallest absolute Gasteiger partial charge is 0.108 e. The summed E-state index contributed by atoms with van der Waals surface area (Å²) in [7, 11) is 1.57. The lowest BCUT2D eigenvalue weighted by Gasteiger charge is -1.83. The van der Waals surface area contributed by atoms with Crippen molar-refractivity contribution in [1.82, 2.24) is 0 Å². The Morgan fingerprint density at radius 1 is 1.57 bits per heavy atom. The summed E-state index contributed by atoms with van der Waals surface area (Å²) in [5.74, 6) is 0. The summed E-state index contributed by atoms with van der Waals surface area (Å²) < 4.78 is 15.8. The van der Waals surface area contributed by atoms with Crippen molar-refractivity contribution in [3.63, 3.8) is 0 Å². The second-order valence-corrected chi connectivity index (χ2v) is 1.08. The van der Waals surface area contributed by atoms with Gasteiger partial charge < -0.3 is 4.74 Å². The van der Waals surface area contributed by atoms with Gasteiger partial charge in [-0.3, -0.25) is 0 Å². The van der Waals surface area contributed by atoms with E-state index in [1.165, 1.54) is 6.08 Å². The van der Waals surface area contributed by atoms with E-state index in [2.05, 4.69) is 4.74 Å². The van der Waals surface area contributed by atoms with Gasteiger partial charge in [0, 0.05) is 7.11 Å². The molecule has 0 radical (unpaired) electrons. The van der Waals surface area contributed by atoms with Crippen molar-refractivity contribution in [3.8, 4) is 0 Å². The minimum absolute atomic E-state index is 0.399. The first-order valence-electron chi connectivity index (χ1n) is 2.11. The van der Waals surface area contributed by atoms with Crippen LogP contribution in [0.4, 0.5) is 4.39 Å². The SMILES string of the molecule is COCC=CCF. The highest BCUT2D eigenvalue weighted by atomic mass is 19.1. The molecule has 42 valence electrons. The number of methoxy groups -OCH3 is 1. The molecule has 0 rings (SSSR count).